The van der Waals surface area contributed by atoms with Crippen LogP contribution in [0.25, 0.3) is 5.69 Å². The number of thioether (sulfide) groups is 1. The van der Waals surface area contributed by atoms with Crippen LogP contribution < -0.4 is 0 Å². The van der Waals surface area contributed by atoms with E-state index in [9.17, 15) is 9.18 Å². The van der Waals surface area contributed by atoms with Crippen LogP contribution >= 0.6 is 11.8 Å². The Kier molecular flexibility index (Phi) is 5.20. The Bertz CT molecular complexity index is 716. The Balaban J connectivity index is 1.94. The minimum absolute atomic E-state index is 0.0255. The standard InChI is InChI=1S/C17H21FN4OS/c1-20-8-3-9-21(11-10-20)16(23)15-12-19-17(24-2)22(15)14-6-4-13(18)5-7-14/h4-7,12H,3,8-11H2,1-2H3. The summed E-state index contributed by atoms with van der Waals surface area (Å²) in [6, 6.07) is 6.14. The van der Waals surface area contributed by atoms with Gasteiger partial charge in [0.1, 0.15) is 11.5 Å². The van der Waals surface area contributed by atoms with Crippen LogP contribution in [-0.4, -0.2) is 64.7 Å². The Morgan fingerprint density at radius 2 is 1.92 bits per heavy atom. The summed E-state index contributed by atoms with van der Waals surface area (Å²) >= 11 is 1.46. The molecule has 1 aromatic carbocycles. The van der Waals surface area contributed by atoms with Crippen molar-refractivity contribution in [2.75, 3.05) is 39.5 Å². The molecular weight excluding hydrogens is 327 g/mol. The molecule has 1 saturated heterocycles. The molecule has 0 aliphatic carbocycles. The highest BCUT2D eigenvalue weighted by atomic mass is 32.2. The van der Waals surface area contributed by atoms with Gasteiger partial charge < -0.3 is 9.80 Å². The molecule has 0 N–H and O–H groups in total. The summed E-state index contributed by atoms with van der Waals surface area (Å²) in [7, 11) is 2.07. The Morgan fingerprint density at radius 3 is 2.62 bits per heavy atom. The van der Waals surface area contributed by atoms with E-state index in [0.29, 0.717) is 12.2 Å². The number of nitrogens with zero attached hydrogens (tertiary/aromatic N) is 4. The highest BCUT2D eigenvalue weighted by Gasteiger charge is 2.24. The quantitative estimate of drug-likeness (QED) is 0.800. The molecule has 0 saturated carbocycles. The zero-order valence-corrected chi connectivity index (χ0v) is 14.7. The predicted octanol–water partition coefficient (Wildman–Crippen LogP) is 2.51. The fourth-order valence-electron chi connectivity index (χ4n) is 2.88. The van der Waals surface area contributed by atoms with Gasteiger partial charge in [-0.2, -0.15) is 0 Å². The van der Waals surface area contributed by atoms with Crippen LogP contribution in [0, 0.1) is 5.82 Å². The number of amides is 1. The molecule has 1 aliphatic heterocycles. The summed E-state index contributed by atoms with van der Waals surface area (Å²) in [6.45, 7) is 3.31. The lowest BCUT2D eigenvalue weighted by atomic mass is 10.3. The number of likely N-dealkylation sites (N-methyl/N-ethyl adjacent to an activating group) is 1. The van der Waals surface area contributed by atoms with Crippen LogP contribution in [-0.2, 0) is 0 Å². The van der Waals surface area contributed by atoms with E-state index in [1.54, 1.807) is 22.9 Å². The van der Waals surface area contributed by atoms with Crippen LogP contribution in [0.5, 0.6) is 0 Å². The molecular formula is C17H21FN4OS. The molecule has 1 fully saturated rings. The topological polar surface area (TPSA) is 41.4 Å². The number of hydrogen-bond donors (Lipinski definition) is 0. The lowest BCUT2D eigenvalue weighted by molar-refractivity contribution is 0.0754. The van der Waals surface area contributed by atoms with Crippen molar-refractivity contribution in [3.8, 4) is 5.69 Å². The van der Waals surface area contributed by atoms with Crippen molar-refractivity contribution in [2.24, 2.45) is 0 Å². The Hall–Kier alpha value is -1.86. The molecule has 0 bridgehead atoms. The Morgan fingerprint density at radius 1 is 1.17 bits per heavy atom. The van der Waals surface area contributed by atoms with Crippen molar-refractivity contribution in [3.05, 3.63) is 42.0 Å². The van der Waals surface area contributed by atoms with E-state index < -0.39 is 0 Å². The van der Waals surface area contributed by atoms with Crippen molar-refractivity contribution in [2.45, 2.75) is 11.6 Å². The number of carbonyl (C=O) groups excluding carboxylic acids is 1. The zero-order chi connectivity index (χ0) is 17.1. The van der Waals surface area contributed by atoms with Crippen LogP contribution in [0.1, 0.15) is 16.9 Å². The first kappa shape index (κ1) is 17.0. The first-order valence-electron chi connectivity index (χ1n) is 7.95. The minimum Gasteiger partial charge on any atom is -0.336 e. The number of halogens is 1. The molecule has 128 valence electrons. The van der Waals surface area contributed by atoms with E-state index in [2.05, 4.69) is 16.9 Å². The molecule has 0 radical (unpaired) electrons. The third-order valence-corrected chi connectivity index (χ3v) is 4.88. The normalized spacial score (nSPS) is 16.2. The van der Waals surface area contributed by atoms with E-state index in [-0.39, 0.29) is 11.7 Å². The highest BCUT2D eigenvalue weighted by molar-refractivity contribution is 7.98. The zero-order valence-electron chi connectivity index (χ0n) is 13.9. The SMILES string of the molecule is CSc1ncc(C(=O)N2CCCN(C)CC2)n1-c1ccc(F)cc1. The third-order valence-electron chi connectivity index (χ3n) is 4.22. The number of hydrogen-bond acceptors (Lipinski definition) is 4. The van der Waals surface area contributed by atoms with E-state index >= 15 is 0 Å². The van der Waals surface area contributed by atoms with Gasteiger partial charge in [0.15, 0.2) is 5.16 Å². The first-order chi connectivity index (χ1) is 11.6. The second-order valence-electron chi connectivity index (χ2n) is 5.89. The monoisotopic (exact) mass is 348 g/mol. The lowest BCUT2D eigenvalue weighted by Crippen LogP contribution is -2.35. The maximum atomic E-state index is 13.2. The molecule has 7 heteroatoms. The van der Waals surface area contributed by atoms with E-state index in [4.69, 9.17) is 0 Å². The molecule has 1 aromatic heterocycles. The van der Waals surface area contributed by atoms with Crippen molar-refractivity contribution < 1.29 is 9.18 Å². The van der Waals surface area contributed by atoms with Gasteiger partial charge in [-0.25, -0.2) is 9.37 Å². The summed E-state index contributed by atoms with van der Waals surface area (Å²) in [5.74, 6) is -0.324. The van der Waals surface area contributed by atoms with Gasteiger partial charge in [-0.15, -0.1) is 0 Å². The van der Waals surface area contributed by atoms with Crippen LogP contribution in [0.3, 0.4) is 0 Å². The minimum atomic E-state index is -0.298. The largest absolute Gasteiger partial charge is 0.336 e. The lowest BCUT2D eigenvalue weighted by Gasteiger charge is -2.21. The predicted molar refractivity (Wildman–Crippen MR) is 93.3 cm³/mol. The summed E-state index contributed by atoms with van der Waals surface area (Å²) in [5, 5.41) is 0.719. The summed E-state index contributed by atoms with van der Waals surface area (Å²) in [4.78, 5) is 21.5. The highest BCUT2D eigenvalue weighted by Crippen LogP contribution is 2.23. The number of carbonyl (C=O) groups is 1. The molecule has 2 heterocycles. The average molecular weight is 348 g/mol. The molecule has 2 aromatic rings. The molecule has 24 heavy (non-hydrogen) atoms. The van der Waals surface area contributed by atoms with Gasteiger partial charge in [0, 0.05) is 25.3 Å². The smallest absolute Gasteiger partial charge is 0.272 e. The average Bonchev–Trinajstić information content (AvgIpc) is 2.90. The molecule has 1 amide bonds. The summed E-state index contributed by atoms with van der Waals surface area (Å²) in [6.07, 6.45) is 4.49. The molecule has 0 unspecified atom stereocenters. The fourth-order valence-corrected chi connectivity index (χ4v) is 3.43. The van der Waals surface area contributed by atoms with Crippen LogP contribution in [0.15, 0.2) is 35.6 Å². The van der Waals surface area contributed by atoms with Gasteiger partial charge in [0.2, 0.25) is 0 Å². The van der Waals surface area contributed by atoms with Gasteiger partial charge >= 0.3 is 0 Å². The van der Waals surface area contributed by atoms with Crippen molar-refractivity contribution in [3.63, 3.8) is 0 Å². The molecule has 1 aliphatic rings. The number of aromatic nitrogens is 2. The van der Waals surface area contributed by atoms with Crippen molar-refractivity contribution in [1.82, 2.24) is 19.4 Å². The van der Waals surface area contributed by atoms with Gasteiger partial charge in [0.25, 0.3) is 5.91 Å². The van der Waals surface area contributed by atoms with Gasteiger partial charge in [0.05, 0.1) is 6.20 Å². The van der Waals surface area contributed by atoms with Crippen molar-refractivity contribution in [1.29, 1.82) is 0 Å². The number of imidazole rings is 1. The summed E-state index contributed by atoms with van der Waals surface area (Å²) in [5.41, 5.74) is 1.27. The summed E-state index contributed by atoms with van der Waals surface area (Å²) < 4.78 is 15.0. The van der Waals surface area contributed by atoms with E-state index in [1.165, 1.54) is 23.9 Å². The van der Waals surface area contributed by atoms with Gasteiger partial charge in [-0.3, -0.25) is 9.36 Å². The van der Waals surface area contributed by atoms with Crippen molar-refractivity contribution >= 4 is 17.7 Å². The second kappa shape index (κ2) is 7.36. The molecule has 3 rings (SSSR count). The van der Waals surface area contributed by atoms with Crippen LogP contribution in [0.4, 0.5) is 4.39 Å². The number of benzene rings is 1. The van der Waals surface area contributed by atoms with Gasteiger partial charge in [-0.1, -0.05) is 11.8 Å². The maximum Gasteiger partial charge on any atom is 0.272 e. The number of rotatable bonds is 3. The second-order valence-corrected chi connectivity index (χ2v) is 6.66. The fraction of sp³-hybridized carbons (Fsp3) is 0.412. The van der Waals surface area contributed by atoms with Crippen LogP contribution in [0.2, 0.25) is 0 Å². The molecule has 0 atom stereocenters. The van der Waals surface area contributed by atoms with E-state index in [0.717, 1.165) is 36.9 Å². The molecule has 0 spiro atoms. The molecule has 5 nitrogen and oxygen atoms in total. The first-order valence-corrected chi connectivity index (χ1v) is 9.18. The van der Waals surface area contributed by atoms with E-state index in [1.807, 2.05) is 11.2 Å². The Labute approximate surface area is 145 Å². The van der Waals surface area contributed by atoms with Gasteiger partial charge in [-0.05, 0) is 50.5 Å². The maximum absolute atomic E-state index is 13.2. The third kappa shape index (κ3) is 3.47.